The Morgan fingerprint density at radius 2 is 1.73 bits per heavy atom. The predicted molar refractivity (Wildman–Crippen MR) is 50.3 cm³/mol. The van der Waals surface area contributed by atoms with E-state index in [-0.39, 0.29) is 38.8 Å². The van der Waals surface area contributed by atoms with Gasteiger partial charge in [-0.1, -0.05) is 0 Å². The molecule has 0 bridgehead atoms. The number of hydrogen-bond acceptors (Lipinski definition) is 6. The van der Waals surface area contributed by atoms with Gasteiger partial charge in [0, 0.05) is 7.11 Å². The minimum Gasteiger partial charge on any atom is -0.469 e. The van der Waals surface area contributed by atoms with E-state index in [9.17, 15) is 9.59 Å². The van der Waals surface area contributed by atoms with Gasteiger partial charge in [0.1, 0.15) is 13.2 Å². The van der Waals surface area contributed by atoms with Gasteiger partial charge in [-0.2, -0.15) is 0 Å². The molecular weight excluding hydrogens is 204 g/mol. The molecule has 6 nitrogen and oxygen atoms in total. The molecule has 6 heteroatoms. The molecule has 0 aromatic heterocycles. The van der Waals surface area contributed by atoms with E-state index in [2.05, 4.69) is 9.47 Å². The van der Waals surface area contributed by atoms with Gasteiger partial charge in [0.15, 0.2) is 0 Å². The molecule has 0 N–H and O–H groups in total. The molecule has 0 fully saturated rings. The summed E-state index contributed by atoms with van der Waals surface area (Å²) >= 11 is 0. The summed E-state index contributed by atoms with van der Waals surface area (Å²) in [4.78, 5) is 21.4. The number of methoxy groups -OCH3 is 2. The highest BCUT2D eigenvalue weighted by Crippen LogP contribution is 1.87. The number of carbonyl (C=O) groups is 2. The fourth-order valence-corrected chi connectivity index (χ4v) is 0.734. The largest absolute Gasteiger partial charge is 0.469 e. The second-order valence-electron chi connectivity index (χ2n) is 2.59. The topological polar surface area (TPSA) is 71.1 Å². The summed E-state index contributed by atoms with van der Waals surface area (Å²) in [5.74, 6) is -0.763. The van der Waals surface area contributed by atoms with Gasteiger partial charge < -0.3 is 18.9 Å². The van der Waals surface area contributed by atoms with Gasteiger partial charge in [-0.05, 0) is 0 Å². The summed E-state index contributed by atoms with van der Waals surface area (Å²) in [6, 6.07) is 0. The summed E-state index contributed by atoms with van der Waals surface area (Å²) in [5.41, 5.74) is 0. The van der Waals surface area contributed by atoms with E-state index in [1.165, 1.54) is 14.2 Å². The molecule has 0 aliphatic rings. The van der Waals surface area contributed by atoms with Gasteiger partial charge in [-0.3, -0.25) is 4.79 Å². The zero-order chi connectivity index (χ0) is 11.5. The average molecular weight is 220 g/mol. The molecule has 0 radical (unpaired) electrons. The van der Waals surface area contributed by atoms with Gasteiger partial charge in [0.2, 0.25) is 0 Å². The van der Waals surface area contributed by atoms with Crippen LogP contribution in [-0.2, 0) is 28.5 Å². The maximum absolute atomic E-state index is 10.8. The third-order valence-electron chi connectivity index (χ3n) is 1.43. The van der Waals surface area contributed by atoms with Crippen LogP contribution in [0.1, 0.15) is 6.42 Å². The Morgan fingerprint density at radius 1 is 1.00 bits per heavy atom. The first-order valence-electron chi connectivity index (χ1n) is 4.49. The predicted octanol–water partition coefficient (Wildman–Crippen LogP) is -0.244. The quantitative estimate of drug-likeness (QED) is 0.415. The lowest BCUT2D eigenvalue weighted by Crippen LogP contribution is -2.15. The van der Waals surface area contributed by atoms with Crippen LogP contribution < -0.4 is 0 Å². The Balaban J connectivity index is 3.18. The summed E-state index contributed by atoms with van der Waals surface area (Å²) in [6.07, 6.45) is 0.197. The maximum Gasteiger partial charge on any atom is 0.332 e. The molecule has 0 aromatic carbocycles. The molecule has 0 saturated carbocycles. The van der Waals surface area contributed by atoms with E-state index in [4.69, 9.17) is 9.47 Å². The average Bonchev–Trinajstić information content (AvgIpc) is 2.23. The number of esters is 2. The Morgan fingerprint density at radius 3 is 2.33 bits per heavy atom. The van der Waals surface area contributed by atoms with E-state index in [1.807, 2.05) is 0 Å². The number of rotatable bonds is 8. The van der Waals surface area contributed by atoms with Crippen LogP contribution >= 0.6 is 0 Å². The van der Waals surface area contributed by atoms with Gasteiger partial charge >= 0.3 is 11.9 Å². The standard InChI is InChI=1S/C9H16O6/c1-12-7-9(11)15-6-5-14-4-3-8(10)13-2/h3-7H2,1-2H3. The van der Waals surface area contributed by atoms with Gasteiger partial charge in [-0.25, -0.2) is 4.79 Å². The van der Waals surface area contributed by atoms with E-state index in [1.54, 1.807) is 0 Å². The Bertz CT molecular complexity index is 191. The minimum atomic E-state index is -0.436. The maximum atomic E-state index is 10.8. The normalized spacial score (nSPS) is 9.73. The fourth-order valence-electron chi connectivity index (χ4n) is 0.734. The molecule has 0 saturated heterocycles. The summed E-state index contributed by atoms with van der Waals surface area (Å²) < 4.78 is 18.7. The van der Waals surface area contributed by atoms with Crippen LogP contribution in [0.15, 0.2) is 0 Å². The molecule has 0 aliphatic carbocycles. The first-order valence-corrected chi connectivity index (χ1v) is 4.49. The van der Waals surface area contributed by atoms with Crippen molar-refractivity contribution in [3.05, 3.63) is 0 Å². The lowest BCUT2D eigenvalue weighted by atomic mass is 10.5. The number of carbonyl (C=O) groups excluding carboxylic acids is 2. The van der Waals surface area contributed by atoms with Gasteiger partial charge in [-0.15, -0.1) is 0 Å². The molecule has 88 valence electrons. The van der Waals surface area contributed by atoms with Crippen LogP contribution in [0.4, 0.5) is 0 Å². The molecule has 0 amide bonds. The number of hydrogen-bond donors (Lipinski definition) is 0. The van der Waals surface area contributed by atoms with Crippen LogP contribution in [-0.4, -0.2) is 52.6 Å². The second kappa shape index (κ2) is 9.42. The number of ether oxygens (including phenoxy) is 4. The van der Waals surface area contributed by atoms with Crippen molar-refractivity contribution >= 4 is 11.9 Å². The molecular formula is C9H16O6. The molecule has 0 aliphatic heterocycles. The van der Waals surface area contributed by atoms with Crippen LogP contribution in [0.3, 0.4) is 0 Å². The lowest BCUT2D eigenvalue weighted by molar-refractivity contribution is -0.150. The Hall–Kier alpha value is -1.14. The fraction of sp³-hybridized carbons (Fsp3) is 0.778. The van der Waals surface area contributed by atoms with Crippen LogP contribution in [0.5, 0.6) is 0 Å². The van der Waals surface area contributed by atoms with E-state index >= 15 is 0 Å². The molecule has 15 heavy (non-hydrogen) atoms. The zero-order valence-electron chi connectivity index (χ0n) is 8.99. The molecule has 0 spiro atoms. The Kier molecular flexibility index (Phi) is 8.70. The van der Waals surface area contributed by atoms with E-state index < -0.39 is 5.97 Å². The SMILES string of the molecule is COCC(=O)OCCOCCC(=O)OC. The molecule has 0 atom stereocenters. The van der Waals surface area contributed by atoms with Gasteiger partial charge in [0.25, 0.3) is 0 Å². The third kappa shape index (κ3) is 9.17. The van der Waals surface area contributed by atoms with Crippen molar-refractivity contribution in [3.8, 4) is 0 Å². The minimum absolute atomic E-state index is 0.0673. The van der Waals surface area contributed by atoms with Gasteiger partial charge in [0.05, 0.1) is 26.7 Å². The molecule has 0 aromatic rings. The highest BCUT2D eigenvalue weighted by atomic mass is 16.6. The highest BCUT2D eigenvalue weighted by Gasteiger charge is 2.01. The van der Waals surface area contributed by atoms with Crippen LogP contribution in [0, 0.1) is 0 Å². The molecule has 0 heterocycles. The van der Waals surface area contributed by atoms with Crippen LogP contribution in [0.25, 0.3) is 0 Å². The van der Waals surface area contributed by atoms with Crippen molar-refractivity contribution < 1.29 is 28.5 Å². The monoisotopic (exact) mass is 220 g/mol. The summed E-state index contributed by atoms with van der Waals surface area (Å²) in [7, 11) is 2.73. The smallest absolute Gasteiger partial charge is 0.332 e. The van der Waals surface area contributed by atoms with Crippen molar-refractivity contribution in [2.24, 2.45) is 0 Å². The van der Waals surface area contributed by atoms with Crippen molar-refractivity contribution in [2.45, 2.75) is 6.42 Å². The first kappa shape index (κ1) is 13.9. The van der Waals surface area contributed by atoms with Crippen molar-refractivity contribution in [1.29, 1.82) is 0 Å². The van der Waals surface area contributed by atoms with Crippen molar-refractivity contribution in [2.75, 3.05) is 40.6 Å². The summed E-state index contributed by atoms with van der Waals surface area (Å²) in [5, 5.41) is 0. The van der Waals surface area contributed by atoms with Crippen molar-refractivity contribution in [1.82, 2.24) is 0 Å². The first-order chi connectivity index (χ1) is 7.20. The van der Waals surface area contributed by atoms with Crippen LogP contribution in [0.2, 0.25) is 0 Å². The zero-order valence-corrected chi connectivity index (χ0v) is 8.99. The van der Waals surface area contributed by atoms with E-state index in [0.717, 1.165) is 0 Å². The molecule has 0 rings (SSSR count). The molecule has 0 unspecified atom stereocenters. The Labute approximate surface area is 88.4 Å². The second-order valence-corrected chi connectivity index (χ2v) is 2.59. The lowest BCUT2D eigenvalue weighted by Gasteiger charge is -2.04. The summed E-state index contributed by atoms with van der Waals surface area (Å²) in [6.45, 7) is 0.604. The van der Waals surface area contributed by atoms with Crippen molar-refractivity contribution in [3.63, 3.8) is 0 Å². The third-order valence-corrected chi connectivity index (χ3v) is 1.43. The highest BCUT2D eigenvalue weighted by molar-refractivity contribution is 5.70. The van der Waals surface area contributed by atoms with E-state index in [0.29, 0.717) is 0 Å².